The predicted octanol–water partition coefficient (Wildman–Crippen LogP) is -1.85. The third-order valence-corrected chi connectivity index (χ3v) is 8.64. The number of hydrogen-bond donors (Lipinski definition) is 4. The summed E-state index contributed by atoms with van der Waals surface area (Å²) in [7, 11) is 0. The van der Waals surface area contributed by atoms with E-state index in [0.717, 1.165) is 58.9 Å². The largest absolute Gasteiger partial charge is 0.463 e. The molecule has 4 N–H and O–H groups in total. The zero-order valence-electron chi connectivity index (χ0n) is 29.4. The van der Waals surface area contributed by atoms with Gasteiger partial charge in [-0.2, -0.15) is 0 Å². The highest BCUT2D eigenvalue weighted by Gasteiger charge is 2.82. The Labute approximate surface area is 300 Å². The fourth-order valence-corrected chi connectivity index (χ4v) is 6.35. The van der Waals surface area contributed by atoms with Gasteiger partial charge >= 0.3 is 23.9 Å². The molecule has 0 saturated carbocycles. The highest BCUT2D eigenvalue weighted by molar-refractivity contribution is 5.99. The number of nitro benzene ring substituents is 1. The van der Waals surface area contributed by atoms with Gasteiger partial charge in [0.15, 0.2) is 46.9 Å². The second-order valence-electron chi connectivity index (χ2n) is 12.3. The Morgan fingerprint density at radius 1 is 0.774 bits per heavy atom. The van der Waals surface area contributed by atoms with Crippen molar-refractivity contribution in [1.29, 1.82) is 0 Å². The molecule has 1 unspecified atom stereocenters. The van der Waals surface area contributed by atoms with Gasteiger partial charge in [0.2, 0.25) is 11.9 Å². The minimum Gasteiger partial charge on any atom is -0.463 e. The van der Waals surface area contributed by atoms with Gasteiger partial charge in [-0.3, -0.25) is 43.7 Å². The number of benzene rings is 1. The number of Topliss-reactive ketones (excluding diaryl/α,β-unsaturated/α-hetero) is 3. The predicted molar refractivity (Wildman–Crippen MR) is 167 cm³/mol. The highest BCUT2D eigenvalue weighted by Crippen LogP contribution is 2.52. The van der Waals surface area contributed by atoms with Crippen molar-refractivity contribution in [1.82, 2.24) is 0 Å². The molecule has 53 heavy (non-hydrogen) atoms. The van der Waals surface area contributed by atoms with Crippen LogP contribution in [0.25, 0.3) is 0 Å². The summed E-state index contributed by atoms with van der Waals surface area (Å²) in [5.41, 5.74) is -12.1. The molecule has 2 heterocycles. The SMILES string of the molecule is CC(=O)OC[C@H]1O[C@@H]([C@@]2(O)[C@@H](C(O)C(C)=O)O[C@H](Oc3ccc([N+](=O)[O-])cc3)[C@@](O)(C(C)=O)[C@]2(O)C(C)=O)[C@H](OC(C)=O)[C@@H](OC(C)=O)[C@@H]1OC(C)=O. The van der Waals surface area contributed by atoms with Crippen LogP contribution in [0.4, 0.5) is 5.69 Å². The van der Waals surface area contributed by atoms with E-state index in [1.165, 1.54) is 0 Å². The van der Waals surface area contributed by atoms with E-state index in [4.69, 9.17) is 33.2 Å². The normalized spacial score (nSPS) is 33.0. The second-order valence-corrected chi connectivity index (χ2v) is 12.3. The van der Waals surface area contributed by atoms with E-state index < -0.39 is 130 Å². The summed E-state index contributed by atoms with van der Waals surface area (Å²) in [5, 5.41) is 60.1. The number of ether oxygens (including phenoxy) is 7. The highest BCUT2D eigenvalue weighted by atomic mass is 16.7. The molecule has 292 valence electrons. The molecule has 3 rings (SSSR count). The molecular formula is C32H39NO20. The lowest BCUT2D eigenvalue weighted by molar-refractivity contribution is -0.402. The van der Waals surface area contributed by atoms with E-state index >= 15 is 0 Å². The molecule has 2 fully saturated rings. The number of carbonyl (C=O) groups is 7. The number of aliphatic hydroxyl groups is 4. The number of rotatable bonds is 13. The first-order valence-corrected chi connectivity index (χ1v) is 15.7. The number of ketones is 3. The lowest BCUT2D eigenvalue weighted by atomic mass is 9.58. The van der Waals surface area contributed by atoms with Gasteiger partial charge in [-0.25, -0.2) is 0 Å². The Balaban J connectivity index is 2.46. The molecule has 1 aromatic rings. The molecule has 21 nitrogen and oxygen atoms in total. The van der Waals surface area contributed by atoms with Crippen molar-refractivity contribution in [2.24, 2.45) is 0 Å². The number of non-ortho nitro benzene ring substituents is 1. The lowest BCUT2D eigenvalue weighted by Crippen LogP contribution is -2.90. The molecular weight excluding hydrogens is 718 g/mol. The molecule has 21 heteroatoms. The maximum absolute atomic E-state index is 13.8. The number of hydrogen-bond acceptors (Lipinski definition) is 20. The summed E-state index contributed by atoms with van der Waals surface area (Å²) < 4.78 is 38.3. The van der Waals surface area contributed by atoms with Gasteiger partial charge in [0.05, 0.1) is 4.92 Å². The van der Waals surface area contributed by atoms with Gasteiger partial charge in [0.1, 0.15) is 36.8 Å². The van der Waals surface area contributed by atoms with Crippen LogP contribution in [0.1, 0.15) is 48.5 Å². The summed E-state index contributed by atoms with van der Waals surface area (Å²) in [4.78, 5) is 99.6. The van der Waals surface area contributed by atoms with Crippen molar-refractivity contribution in [3.8, 4) is 5.75 Å². The minimum atomic E-state index is -4.03. The third kappa shape index (κ3) is 7.89. The van der Waals surface area contributed by atoms with Crippen molar-refractivity contribution in [3.05, 3.63) is 34.4 Å². The third-order valence-electron chi connectivity index (χ3n) is 8.64. The summed E-state index contributed by atoms with van der Waals surface area (Å²) >= 11 is 0. The molecule has 1 aromatic carbocycles. The first-order chi connectivity index (χ1) is 24.4. The number of carbonyl (C=O) groups excluding carboxylic acids is 7. The van der Waals surface area contributed by atoms with Crippen LogP contribution in [-0.4, -0.2) is 139 Å². The number of nitro groups is 1. The Hall–Kier alpha value is -4.93. The number of aliphatic hydroxyl groups excluding tert-OH is 1. The second kappa shape index (κ2) is 16.0. The Morgan fingerprint density at radius 3 is 1.72 bits per heavy atom. The van der Waals surface area contributed by atoms with Gasteiger partial charge in [0, 0.05) is 39.8 Å². The average molecular weight is 758 g/mol. The van der Waals surface area contributed by atoms with E-state index in [-0.39, 0.29) is 0 Å². The molecule has 2 saturated heterocycles. The maximum Gasteiger partial charge on any atom is 0.303 e. The van der Waals surface area contributed by atoms with Crippen LogP contribution in [0.2, 0.25) is 0 Å². The molecule has 2 aliphatic heterocycles. The van der Waals surface area contributed by atoms with E-state index in [1.54, 1.807) is 0 Å². The Morgan fingerprint density at radius 2 is 1.28 bits per heavy atom. The Kier molecular flexibility index (Phi) is 12.8. The van der Waals surface area contributed by atoms with E-state index in [2.05, 4.69) is 0 Å². The van der Waals surface area contributed by atoms with Gasteiger partial charge in [-0.05, 0) is 32.9 Å². The van der Waals surface area contributed by atoms with Gasteiger partial charge in [0.25, 0.3) is 5.69 Å². The smallest absolute Gasteiger partial charge is 0.303 e. The summed E-state index contributed by atoms with van der Waals surface area (Å²) in [5.74, 6) is -9.22. The number of esters is 4. The average Bonchev–Trinajstić information content (AvgIpc) is 3.04. The molecule has 0 radical (unpaired) electrons. The molecule has 0 amide bonds. The first kappa shape index (κ1) is 42.5. The van der Waals surface area contributed by atoms with Crippen molar-refractivity contribution in [2.75, 3.05) is 6.61 Å². The van der Waals surface area contributed by atoms with Crippen LogP contribution in [0, 0.1) is 10.1 Å². The molecule has 11 atom stereocenters. The fourth-order valence-electron chi connectivity index (χ4n) is 6.35. The summed E-state index contributed by atoms with van der Waals surface area (Å²) in [6.07, 6.45) is -18.7. The fraction of sp³-hybridized carbons (Fsp3) is 0.594. The van der Waals surface area contributed by atoms with Gasteiger partial charge in [-0.1, -0.05) is 0 Å². The molecule has 2 aliphatic rings. The van der Waals surface area contributed by atoms with Crippen LogP contribution in [-0.2, 0) is 62.0 Å². The quantitative estimate of drug-likeness (QED) is 0.0742. The molecule has 0 aliphatic carbocycles. The van der Waals surface area contributed by atoms with Crippen molar-refractivity contribution >= 4 is 46.9 Å². The van der Waals surface area contributed by atoms with E-state index in [1.807, 2.05) is 0 Å². The van der Waals surface area contributed by atoms with E-state index in [9.17, 15) is 64.1 Å². The topological polar surface area (TPSA) is 308 Å². The zero-order chi connectivity index (χ0) is 40.4. The number of nitrogens with zero attached hydrogens (tertiary/aromatic N) is 1. The van der Waals surface area contributed by atoms with Crippen molar-refractivity contribution in [2.45, 2.75) is 114 Å². The molecule has 0 spiro atoms. The lowest BCUT2D eigenvalue weighted by Gasteiger charge is -2.62. The van der Waals surface area contributed by atoms with Crippen LogP contribution < -0.4 is 4.74 Å². The maximum atomic E-state index is 13.8. The van der Waals surface area contributed by atoms with Crippen molar-refractivity contribution in [3.63, 3.8) is 0 Å². The first-order valence-electron chi connectivity index (χ1n) is 15.7. The van der Waals surface area contributed by atoms with Gasteiger partial charge < -0.3 is 53.6 Å². The van der Waals surface area contributed by atoms with E-state index in [0.29, 0.717) is 13.8 Å². The molecule has 0 bridgehead atoms. The van der Waals surface area contributed by atoms with Gasteiger partial charge in [-0.15, -0.1) is 0 Å². The zero-order valence-corrected chi connectivity index (χ0v) is 29.4. The van der Waals surface area contributed by atoms with Crippen LogP contribution in [0.15, 0.2) is 24.3 Å². The summed E-state index contributed by atoms with van der Waals surface area (Å²) in [6, 6.07) is 3.78. The van der Waals surface area contributed by atoms with Crippen LogP contribution in [0.5, 0.6) is 5.75 Å². The van der Waals surface area contributed by atoms with Crippen LogP contribution >= 0.6 is 0 Å². The Bertz CT molecular complexity index is 1650. The van der Waals surface area contributed by atoms with Crippen molar-refractivity contribution < 1.29 is 92.1 Å². The summed E-state index contributed by atoms with van der Waals surface area (Å²) in [6.45, 7) is 4.61. The minimum absolute atomic E-state index is 0.403. The van der Waals surface area contributed by atoms with Crippen LogP contribution in [0.3, 0.4) is 0 Å². The molecule has 0 aromatic heterocycles. The monoisotopic (exact) mass is 757 g/mol. The standard InChI is InChI=1S/C32H39NO20/c1-13(34)23(41)27-31(43,28-26(50-19(7)40)25(49-18(6)39)24(48-17(5)38)22(52-28)12-47-16(4)37)32(44,15(3)36)30(42,14(2)35)29(53-27)51-21-10-8-20(9-11-21)33(45)46/h8-11,22-29,41-44H,12H2,1-7H3/t22-,23?,24-,25+,26-,27-,28-,29+,30+,31+,32-/m1/s1.